The molecular weight excluding hydrogens is 298 g/mol. The zero-order valence-electron chi connectivity index (χ0n) is 9.83. The van der Waals surface area contributed by atoms with Gasteiger partial charge < -0.3 is 5.32 Å². The van der Waals surface area contributed by atoms with E-state index in [4.69, 9.17) is 0 Å². The van der Waals surface area contributed by atoms with Crippen molar-refractivity contribution in [1.29, 1.82) is 0 Å². The number of hydrogen-bond donors (Lipinski definition) is 1. The molecule has 0 aromatic heterocycles. The highest BCUT2D eigenvalue weighted by Gasteiger charge is 2.01. The Labute approximate surface area is 115 Å². The van der Waals surface area contributed by atoms with E-state index in [1.165, 1.54) is 11.1 Å². The van der Waals surface area contributed by atoms with Gasteiger partial charge in [0, 0.05) is 16.8 Å². The lowest BCUT2D eigenvalue weighted by molar-refractivity contribution is -0.118. The standard InChI is InChI=1S/C13H16BrNOS/c1-10-3-5-12(6-4-10)8-17-9-13(16)15-7-11(2)14/h3-6H,2,7-9H2,1H3,(H,15,16). The van der Waals surface area contributed by atoms with Crippen molar-refractivity contribution >= 4 is 33.6 Å². The Morgan fingerprint density at radius 2 is 2.06 bits per heavy atom. The van der Waals surface area contributed by atoms with Gasteiger partial charge in [0.1, 0.15) is 0 Å². The molecule has 92 valence electrons. The molecule has 0 saturated heterocycles. The molecule has 0 fully saturated rings. The molecule has 2 nitrogen and oxygen atoms in total. The largest absolute Gasteiger partial charge is 0.351 e. The number of aryl methyl sites for hydroxylation is 1. The molecule has 0 aliphatic heterocycles. The van der Waals surface area contributed by atoms with Crippen molar-refractivity contribution in [1.82, 2.24) is 5.32 Å². The Morgan fingerprint density at radius 1 is 1.41 bits per heavy atom. The summed E-state index contributed by atoms with van der Waals surface area (Å²) >= 11 is 4.81. The molecule has 1 amide bonds. The van der Waals surface area contributed by atoms with Gasteiger partial charge in [0.2, 0.25) is 5.91 Å². The maximum Gasteiger partial charge on any atom is 0.230 e. The molecule has 0 saturated carbocycles. The average Bonchev–Trinajstić information content (AvgIpc) is 2.29. The number of benzene rings is 1. The van der Waals surface area contributed by atoms with Crippen LogP contribution in [0.4, 0.5) is 0 Å². The molecule has 1 aromatic rings. The molecule has 1 aromatic carbocycles. The minimum atomic E-state index is 0.0442. The molecule has 0 spiro atoms. The second-order valence-corrected chi connectivity index (χ2v) is 5.88. The van der Waals surface area contributed by atoms with Gasteiger partial charge in [-0.1, -0.05) is 52.3 Å². The summed E-state index contributed by atoms with van der Waals surface area (Å²) in [5, 5.41) is 2.77. The zero-order chi connectivity index (χ0) is 12.7. The van der Waals surface area contributed by atoms with Gasteiger partial charge in [-0.15, -0.1) is 11.8 Å². The van der Waals surface area contributed by atoms with Crippen molar-refractivity contribution in [3.05, 3.63) is 46.5 Å². The van der Waals surface area contributed by atoms with Gasteiger partial charge >= 0.3 is 0 Å². The SMILES string of the molecule is C=C(Br)CNC(=O)CSCc1ccc(C)cc1. The predicted molar refractivity (Wildman–Crippen MR) is 78.4 cm³/mol. The first-order valence-electron chi connectivity index (χ1n) is 5.31. The monoisotopic (exact) mass is 313 g/mol. The number of hydrogen-bond acceptors (Lipinski definition) is 2. The van der Waals surface area contributed by atoms with Crippen molar-refractivity contribution in [2.24, 2.45) is 0 Å². The van der Waals surface area contributed by atoms with Crippen LogP contribution in [0.1, 0.15) is 11.1 Å². The van der Waals surface area contributed by atoms with E-state index in [0.717, 1.165) is 10.2 Å². The summed E-state index contributed by atoms with van der Waals surface area (Å²) in [6.45, 7) is 6.22. The number of thioether (sulfide) groups is 1. The number of nitrogens with one attached hydrogen (secondary N) is 1. The minimum absolute atomic E-state index is 0.0442. The van der Waals surface area contributed by atoms with E-state index in [1.54, 1.807) is 11.8 Å². The number of amides is 1. The fourth-order valence-electron chi connectivity index (χ4n) is 1.19. The van der Waals surface area contributed by atoms with Crippen LogP contribution in [0.3, 0.4) is 0 Å². The van der Waals surface area contributed by atoms with Crippen LogP contribution in [-0.4, -0.2) is 18.2 Å². The molecule has 4 heteroatoms. The van der Waals surface area contributed by atoms with E-state index in [1.807, 2.05) is 0 Å². The lowest BCUT2D eigenvalue weighted by atomic mass is 10.2. The van der Waals surface area contributed by atoms with Crippen molar-refractivity contribution in [3.63, 3.8) is 0 Å². The van der Waals surface area contributed by atoms with Gasteiger partial charge in [-0.05, 0) is 12.5 Å². The fraction of sp³-hybridized carbons (Fsp3) is 0.308. The summed E-state index contributed by atoms with van der Waals surface area (Å²) in [6.07, 6.45) is 0. The Kier molecular flexibility index (Phi) is 6.37. The minimum Gasteiger partial charge on any atom is -0.351 e. The van der Waals surface area contributed by atoms with Crippen LogP contribution in [0.15, 0.2) is 35.3 Å². The highest BCUT2D eigenvalue weighted by Crippen LogP contribution is 2.12. The molecule has 1 rings (SSSR count). The average molecular weight is 314 g/mol. The number of halogens is 1. The third-order valence-electron chi connectivity index (χ3n) is 2.10. The van der Waals surface area contributed by atoms with Crippen LogP contribution in [0.5, 0.6) is 0 Å². The van der Waals surface area contributed by atoms with Gasteiger partial charge in [0.15, 0.2) is 0 Å². The van der Waals surface area contributed by atoms with Crippen LogP contribution in [0.2, 0.25) is 0 Å². The van der Waals surface area contributed by atoms with E-state index >= 15 is 0 Å². The van der Waals surface area contributed by atoms with Gasteiger partial charge in [0.25, 0.3) is 0 Å². The Hall–Kier alpha value is -0.740. The summed E-state index contributed by atoms with van der Waals surface area (Å²) in [7, 11) is 0. The maximum absolute atomic E-state index is 11.4. The van der Waals surface area contributed by atoms with Crippen LogP contribution < -0.4 is 5.32 Å². The fourth-order valence-corrected chi connectivity index (χ4v) is 2.15. The Balaban J connectivity index is 2.21. The van der Waals surface area contributed by atoms with Crippen molar-refractivity contribution < 1.29 is 4.79 Å². The quantitative estimate of drug-likeness (QED) is 0.873. The van der Waals surface area contributed by atoms with E-state index in [0.29, 0.717) is 12.3 Å². The van der Waals surface area contributed by atoms with Gasteiger partial charge in [0.05, 0.1) is 5.75 Å². The number of carbonyl (C=O) groups excluding carboxylic acids is 1. The zero-order valence-corrected chi connectivity index (χ0v) is 12.2. The topological polar surface area (TPSA) is 29.1 Å². The number of rotatable bonds is 6. The molecule has 0 heterocycles. The van der Waals surface area contributed by atoms with E-state index < -0.39 is 0 Å². The van der Waals surface area contributed by atoms with Crippen LogP contribution in [0.25, 0.3) is 0 Å². The van der Waals surface area contributed by atoms with Crippen LogP contribution in [-0.2, 0) is 10.5 Å². The molecule has 0 atom stereocenters. The lowest BCUT2D eigenvalue weighted by Gasteiger charge is -2.04. The molecule has 0 aliphatic carbocycles. The maximum atomic E-state index is 11.4. The summed E-state index contributed by atoms with van der Waals surface area (Å²) in [6, 6.07) is 8.37. The van der Waals surface area contributed by atoms with E-state index in [2.05, 4.69) is 59.0 Å². The molecule has 17 heavy (non-hydrogen) atoms. The van der Waals surface area contributed by atoms with Crippen molar-refractivity contribution in [3.8, 4) is 0 Å². The molecule has 0 aliphatic rings. The molecule has 1 N–H and O–H groups in total. The summed E-state index contributed by atoms with van der Waals surface area (Å²) < 4.78 is 0.786. The van der Waals surface area contributed by atoms with Gasteiger partial charge in [-0.25, -0.2) is 0 Å². The lowest BCUT2D eigenvalue weighted by Crippen LogP contribution is -2.26. The van der Waals surface area contributed by atoms with Crippen molar-refractivity contribution in [2.45, 2.75) is 12.7 Å². The third kappa shape index (κ3) is 6.54. The smallest absolute Gasteiger partial charge is 0.230 e. The Bertz CT molecular complexity index is 389. The van der Waals surface area contributed by atoms with E-state index in [9.17, 15) is 4.79 Å². The van der Waals surface area contributed by atoms with Crippen LogP contribution in [0, 0.1) is 6.92 Å². The van der Waals surface area contributed by atoms with E-state index in [-0.39, 0.29) is 5.91 Å². The normalized spacial score (nSPS) is 10.0. The first-order chi connectivity index (χ1) is 8.08. The second kappa shape index (κ2) is 7.56. The highest BCUT2D eigenvalue weighted by atomic mass is 79.9. The van der Waals surface area contributed by atoms with Crippen LogP contribution >= 0.6 is 27.7 Å². The van der Waals surface area contributed by atoms with Gasteiger partial charge in [-0.2, -0.15) is 0 Å². The molecule has 0 unspecified atom stereocenters. The Morgan fingerprint density at radius 3 is 2.65 bits per heavy atom. The third-order valence-corrected chi connectivity index (χ3v) is 3.38. The van der Waals surface area contributed by atoms with Crippen molar-refractivity contribution in [2.75, 3.05) is 12.3 Å². The number of carbonyl (C=O) groups is 1. The summed E-state index contributed by atoms with van der Waals surface area (Å²) in [5.74, 6) is 1.39. The molecule has 0 bridgehead atoms. The highest BCUT2D eigenvalue weighted by molar-refractivity contribution is 9.11. The first kappa shape index (κ1) is 14.3. The first-order valence-corrected chi connectivity index (χ1v) is 7.26. The predicted octanol–water partition coefficient (Wildman–Crippen LogP) is 3.25. The van der Waals surface area contributed by atoms with Gasteiger partial charge in [-0.3, -0.25) is 4.79 Å². The second-order valence-electron chi connectivity index (χ2n) is 3.77. The molecule has 0 radical (unpaired) electrons. The summed E-state index contributed by atoms with van der Waals surface area (Å²) in [4.78, 5) is 11.4. The molecular formula is C13H16BrNOS. The summed E-state index contributed by atoms with van der Waals surface area (Å²) in [5.41, 5.74) is 2.51.